The Bertz CT molecular complexity index is 425. The molecule has 1 heterocycles. The van der Waals surface area contributed by atoms with Crippen LogP contribution in [0, 0.1) is 12.8 Å². The Balaban J connectivity index is 0.000000423. The summed E-state index contributed by atoms with van der Waals surface area (Å²) < 4.78 is 0. The average Bonchev–Trinajstić information content (AvgIpc) is 2.47. The lowest BCUT2D eigenvalue weighted by Crippen LogP contribution is -2.34. The van der Waals surface area contributed by atoms with Crippen molar-refractivity contribution in [3.05, 3.63) is 23.9 Å². The normalized spacial score (nSPS) is 12.0. The lowest BCUT2D eigenvalue weighted by atomic mass is 10.00. The van der Waals surface area contributed by atoms with Crippen LogP contribution in [0.4, 0.5) is 5.82 Å². The number of aromatic nitrogens is 1. The fourth-order valence-corrected chi connectivity index (χ4v) is 1.52. The summed E-state index contributed by atoms with van der Waals surface area (Å²) in [7, 11) is 0. The molecule has 0 radical (unpaired) electrons. The summed E-state index contributed by atoms with van der Waals surface area (Å²) in [5.74, 6) is 9.62. The summed E-state index contributed by atoms with van der Waals surface area (Å²) in [6, 6.07) is 3.72. The summed E-state index contributed by atoms with van der Waals surface area (Å²) in [6.07, 6.45) is 3.39. The molecule has 21 heavy (non-hydrogen) atoms. The molecule has 0 aliphatic carbocycles. The van der Waals surface area contributed by atoms with Crippen LogP contribution in [0.25, 0.3) is 0 Å². The van der Waals surface area contributed by atoms with Crippen LogP contribution in [0.2, 0.25) is 0 Å². The van der Waals surface area contributed by atoms with E-state index in [4.69, 9.17) is 22.5 Å². The molecule has 0 amide bonds. The van der Waals surface area contributed by atoms with Crippen LogP contribution in [0.3, 0.4) is 0 Å². The van der Waals surface area contributed by atoms with Gasteiger partial charge in [0.15, 0.2) is 0 Å². The number of nitrogens with zero attached hydrogens (tertiary/aromatic N) is 2. The molecule has 1 atom stereocenters. The molecule has 0 spiro atoms. The predicted octanol–water partition coefficient (Wildman–Crippen LogP) is 0.585. The molecule has 8 nitrogen and oxygen atoms in total. The first-order valence-electron chi connectivity index (χ1n) is 6.58. The third-order valence-electron chi connectivity index (χ3n) is 2.68. The number of aryl methyl sites for hydroxylation is 1. The van der Waals surface area contributed by atoms with E-state index in [1.54, 1.807) is 12.3 Å². The second-order valence-electron chi connectivity index (χ2n) is 4.51. The highest BCUT2D eigenvalue weighted by Gasteiger charge is 2.18. The SMILES string of the molecule is CCC[C@@H](C/C(=N/N)NN)C(=O)O.Cc1ccc(N)nc1. The fourth-order valence-electron chi connectivity index (χ4n) is 1.52. The van der Waals surface area contributed by atoms with E-state index in [0.29, 0.717) is 18.1 Å². The second kappa shape index (κ2) is 10.4. The first kappa shape index (κ1) is 18.7. The van der Waals surface area contributed by atoms with Gasteiger partial charge < -0.3 is 22.1 Å². The topological polar surface area (TPSA) is 153 Å². The summed E-state index contributed by atoms with van der Waals surface area (Å²) in [6.45, 7) is 3.90. The van der Waals surface area contributed by atoms with Gasteiger partial charge in [0.1, 0.15) is 11.7 Å². The number of nitrogens with one attached hydrogen (secondary N) is 1. The van der Waals surface area contributed by atoms with E-state index in [1.807, 2.05) is 19.9 Å². The molecule has 0 saturated heterocycles. The van der Waals surface area contributed by atoms with Crippen LogP contribution in [-0.4, -0.2) is 21.9 Å². The molecule has 118 valence electrons. The van der Waals surface area contributed by atoms with E-state index in [-0.39, 0.29) is 6.42 Å². The number of carbonyl (C=O) groups is 1. The van der Waals surface area contributed by atoms with Crippen LogP contribution < -0.4 is 22.8 Å². The van der Waals surface area contributed by atoms with Crippen LogP contribution in [-0.2, 0) is 4.79 Å². The fraction of sp³-hybridized carbons (Fsp3) is 0.462. The number of pyridine rings is 1. The summed E-state index contributed by atoms with van der Waals surface area (Å²) in [4.78, 5) is 14.5. The summed E-state index contributed by atoms with van der Waals surface area (Å²) in [5.41, 5.74) is 8.71. The molecule has 0 unspecified atom stereocenters. The van der Waals surface area contributed by atoms with E-state index in [0.717, 1.165) is 12.0 Å². The second-order valence-corrected chi connectivity index (χ2v) is 4.51. The number of aliphatic carboxylic acids is 1. The molecule has 0 saturated carbocycles. The summed E-state index contributed by atoms with van der Waals surface area (Å²) >= 11 is 0. The molecule has 8 N–H and O–H groups in total. The number of hydrazine groups is 1. The van der Waals surface area contributed by atoms with E-state index in [9.17, 15) is 4.79 Å². The van der Waals surface area contributed by atoms with Crippen LogP contribution in [0.15, 0.2) is 23.4 Å². The van der Waals surface area contributed by atoms with Crippen molar-refractivity contribution in [2.45, 2.75) is 33.1 Å². The Labute approximate surface area is 124 Å². The van der Waals surface area contributed by atoms with Gasteiger partial charge in [-0.25, -0.2) is 10.8 Å². The van der Waals surface area contributed by atoms with Crippen molar-refractivity contribution < 1.29 is 9.90 Å². The van der Waals surface area contributed by atoms with Crippen molar-refractivity contribution in [2.24, 2.45) is 22.7 Å². The zero-order valence-corrected chi connectivity index (χ0v) is 12.4. The number of nitrogen functional groups attached to an aromatic ring is 1. The quantitative estimate of drug-likeness (QED) is 0.230. The molecule has 0 aliphatic heterocycles. The first-order valence-corrected chi connectivity index (χ1v) is 6.58. The lowest BCUT2D eigenvalue weighted by molar-refractivity contribution is -0.141. The van der Waals surface area contributed by atoms with Gasteiger partial charge in [-0.2, -0.15) is 5.10 Å². The third-order valence-corrected chi connectivity index (χ3v) is 2.68. The highest BCUT2D eigenvalue weighted by molar-refractivity contribution is 5.85. The lowest BCUT2D eigenvalue weighted by Gasteiger charge is -2.11. The van der Waals surface area contributed by atoms with E-state index in [1.165, 1.54) is 0 Å². The van der Waals surface area contributed by atoms with Crippen molar-refractivity contribution in [1.82, 2.24) is 10.4 Å². The zero-order chi connectivity index (χ0) is 16.3. The number of anilines is 1. The monoisotopic (exact) mass is 296 g/mol. The van der Waals surface area contributed by atoms with Crippen LogP contribution in [0.5, 0.6) is 0 Å². The zero-order valence-electron chi connectivity index (χ0n) is 12.4. The van der Waals surface area contributed by atoms with Gasteiger partial charge in [-0.05, 0) is 25.0 Å². The third kappa shape index (κ3) is 8.43. The van der Waals surface area contributed by atoms with Gasteiger partial charge >= 0.3 is 5.97 Å². The van der Waals surface area contributed by atoms with Crippen LogP contribution in [0.1, 0.15) is 31.7 Å². The number of hydrazone groups is 1. The highest BCUT2D eigenvalue weighted by Crippen LogP contribution is 2.11. The maximum Gasteiger partial charge on any atom is 0.306 e. The maximum absolute atomic E-state index is 10.7. The molecule has 8 heteroatoms. The minimum Gasteiger partial charge on any atom is -0.481 e. The maximum atomic E-state index is 10.7. The van der Waals surface area contributed by atoms with Crippen molar-refractivity contribution in [2.75, 3.05) is 5.73 Å². The molecule has 1 aromatic heterocycles. The standard InChI is InChI=1S/C7H16N4O2.C6H8N2/c1-2-3-5(7(12)13)4-6(10-8)11-9;1-5-2-3-6(7)8-4-5/h5H,2-4,8-9H2,1H3,(H,10,11)(H,12,13);2-4H,1H3,(H2,7,8)/t5-;/m0./s1. The molecule has 1 aromatic rings. The Morgan fingerprint density at radius 3 is 2.52 bits per heavy atom. The minimum absolute atomic E-state index is 0.246. The molecular formula is C13H24N6O2. The number of carboxylic acid groups (broad SMARTS) is 1. The Hall–Kier alpha value is -2.35. The van der Waals surface area contributed by atoms with Gasteiger partial charge in [0.2, 0.25) is 0 Å². The van der Waals surface area contributed by atoms with Crippen molar-refractivity contribution in [3.63, 3.8) is 0 Å². The average molecular weight is 296 g/mol. The van der Waals surface area contributed by atoms with Crippen molar-refractivity contribution >= 4 is 17.6 Å². The Kier molecular flexibility index (Phi) is 9.27. The van der Waals surface area contributed by atoms with Gasteiger partial charge in [-0.15, -0.1) is 0 Å². The molecule has 1 rings (SSSR count). The first-order chi connectivity index (χ1) is 9.94. The van der Waals surface area contributed by atoms with Gasteiger partial charge in [0.25, 0.3) is 0 Å². The van der Waals surface area contributed by atoms with E-state index in [2.05, 4.69) is 15.5 Å². The number of hydrogen-bond acceptors (Lipinski definition) is 6. The van der Waals surface area contributed by atoms with Crippen molar-refractivity contribution in [3.8, 4) is 0 Å². The molecular weight excluding hydrogens is 272 g/mol. The van der Waals surface area contributed by atoms with E-state index >= 15 is 0 Å². The number of nitrogens with two attached hydrogens (primary N) is 3. The molecule has 0 aromatic carbocycles. The number of amidine groups is 1. The molecule has 0 bridgehead atoms. The number of rotatable bonds is 5. The molecule has 0 fully saturated rings. The van der Waals surface area contributed by atoms with Gasteiger partial charge in [0, 0.05) is 12.6 Å². The summed E-state index contributed by atoms with van der Waals surface area (Å²) in [5, 5.41) is 12.1. The van der Waals surface area contributed by atoms with Crippen molar-refractivity contribution in [1.29, 1.82) is 0 Å². The van der Waals surface area contributed by atoms with Gasteiger partial charge in [0.05, 0.1) is 5.92 Å². The van der Waals surface area contributed by atoms with Gasteiger partial charge in [-0.3, -0.25) is 4.79 Å². The minimum atomic E-state index is -0.849. The highest BCUT2D eigenvalue weighted by atomic mass is 16.4. The van der Waals surface area contributed by atoms with Crippen LogP contribution >= 0.6 is 0 Å². The number of carboxylic acids is 1. The van der Waals surface area contributed by atoms with Gasteiger partial charge in [-0.1, -0.05) is 19.4 Å². The number of hydrogen-bond donors (Lipinski definition) is 5. The largest absolute Gasteiger partial charge is 0.481 e. The Morgan fingerprint density at radius 2 is 2.19 bits per heavy atom. The van der Waals surface area contributed by atoms with E-state index < -0.39 is 11.9 Å². The molecule has 0 aliphatic rings. The smallest absolute Gasteiger partial charge is 0.306 e. The Morgan fingerprint density at radius 1 is 1.52 bits per heavy atom. The predicted molar refractivity (Wildman–Crippen MR) is 83.0 cm³/mol.